The number of hydrogen-bond acceptors (Lipinski definition) is 6. The summed E-state index contributed by atoms with van der Waals surface area (Å²) in [6.45, 7) is 0.0791. The summed E-state index contributed by atoms with van der Waals surface area (Å²) in [5.41, 5.74) is 1.11. The fraction of sp³-hybridized carbons (Fsp3) is 0.357. The molecule has 3 rings (SSSR count). The van der Waals surface area contributed by atoms with Gasteiger partial charge in [0.2, 0.25) is 11.8 Å². The van der Waals surface area contributed by atoms with Gasteiger partial charge in [0.05, 0.1) is 5.92 Å². The lowest BCUT2D eigenvalue weighted by Crippen LogP contribution is -2.19. The Morgan fingerprint density at radius 2 is 2.24 bits per heavy atom. The van der Waals surface area contributed by atoms with Crippen LogP contribution in [0.3, 0.4) is 0 Å². The molecule has 1 N–H and O–H groups in total. The Kier molecular flexibility index (Phi) is 3.83. The molecule has 0 bridgehead atoms. The summed E-state index contributed by atoms with van der Waals surface area (Å²) in [6, 6.07) is 7.84. The molecule has 0 radical (unpaired) electrons. The van der Waals surface area contributed by atoms with Crippen LogP contribution in [0.15, 0.2) is 28.7 Å². The monoisotopic (exact) mass is 290 g/mol. The van der Waals surface area contributed by atoms with Crippen LogP contribution in [0.2, 0.25) is 0 Å². The van der Waals surface area contributed by atoms with Gasteiger partial charge >= 0.3 is 5.97 Å². The lowest BCUT2D eigenvalue weighted by molar-refractivity contribution is -0.142. The molecular formula is C14H14N2O5. The van der Waals surface area contributed by atoms with Gasteiger partial charge in [0, 0.05) is 0 Å². The van der Waals surface area contributed by atoms with Gasteiger partial charge < -0.3 is 19.0 Å². The lowest BCUT2D eigenvalue weighted by atomic mass is 9.97. The van der Waals surface area contributed by atoms with E-state index in [0.717, 1.165) is 17.7 Å². The minimum atomic E-state index is -1.04. The van der Waals surface area contributed by atoms with Crippen molar-refractivity contribution in [2.75, 3.05) is 13.2 Å². The van der Waals surface area contributed by atoms with Crippen molar-refractivity contribution in [3.8, 4) is 5.75 Å². The molecule has 0 aliphatic carbocycles. The van der Waals surface area contributed by atoms with Gasteiger partial charge in [0.25, 0.3) is 0 Å². The van der Waals surface area contributed by atoms with Crippen LogP contribution in [0.5, 0.6) is 5.75 Å². The van der Waals surface area contributed by atoms with Crippen molar-refractivity contribution >= 4 is 5.97 Å². The molecule has 7 nitrogen and oxygen atoms in total. The van der Waals surface area contributed by atoms with E-state index < -0.39 is 12.6 Å². The van der Waals surface area contributed by atoms with E-state index in [0.29, 0.717) is 12.5 Å². The minimum absolute atomic E-state index is 0.000578. The second-order valence-corrected chi connectivity index (χ2v) is 4.74. The third kappa shape index (κ3) is 3.19. The fourth-order valence-corrected chi connectivity index (χ4v) is 2.20. The van der Waals surface area contributed by atoms with Gasteiger partial charge in [-0.15, -0.1) is 10.2 Å². The van der Waals surface area contributed by atoms with Crippen LogP contribution in [-0.4, -0.2) is 34.5 Å². The molecule has 1 aliphatic heterocycles. The summed E-state index contributed by atoms with van der Waals surface area (Å²) in [7, 11) is 0. The summed E-state index contributed by atoms with van der Waals surface area (Å²) < 4.78 is 16.1. The van der Waals surface area contributed by atoms with Crippen LogP contribution in [0.1, 0.15) is 23.3 Å². The number of fused-ring (bicyclic) bond motifs is 1. The molecule has 2 aromatic rings. The van der Waals surface area contributed by atoms with E-state index in [1.165, 1.54) is 0 Å². The summed E-state index contributed by atoms with van der Waals surface area (Å²) in [6.07, 6.45) is 0.772. The van der Waals surface area contributed by atoms with Gasteiger partial charge in [-0.2, -0.15) is 0 Å². The van der Waals surface area contributed by atoms with Crippen LogP contribution in [0.25, 0.3) is 0 Å². The molecule has 0 spiro atoms. The molecule has 1 aromatic carbocycles. The Balaban J connectivity index is 1.63. The van der Waals surface area contributed by atoms with Gasteiger partial charge in [0.15, 0.2) is 0 Å². The largest absolute Gasteiger partial charge is 0.492 e. The number of carboxylic acids is 1. The maximum atomic E-state index is 10.4. The third-order valence-electron chi connectivity index (χ3n) is 3.16. The normalized spacial score (nSPS) is 17.0. The Bertz CT molecular complexity index is 640. The highest BCUT2D eigenvalue weighted by Crippen LogP contribution is 2.31. The number of aromatic nitrogens is 2. The van der Waals surface area contributed by atoms with Crippen molar-refractivity contribution in [2.24, 2.45) is 0 Å². The Morgan fingerprint density at radius 1 is 1.38 bits per heavy atom. The van der Waals surface area contributed by atoms with E-state index in [1.807, 2.05) is 24.3 Å². The van der Waals surface area contributed by atoms with Crippen molar-refractivity contribution < 1.29 is 23.8 Å². The number of aliphatic carboxylic acids is 1. The predicted octanol–water partition coefficient (Wildman–Crippen LogP) is 1.39. The van der Waals surface area contributed by atoms with Crippen LogP contribution >= 0.6 is 0 Å². The number of rotatable bonds is 5. The van der Waals surface area contributed by atoms with E-state index in [-0.39, 0.29) is 18.4 Å². The molecule has 1 aliphatic rings. The first-order valence-electron chi connectivity index (χ1n) is 6.55. The first-order valence-corrected chi connectivity index (χ1v) is 6.55. The van der Waals surface area contributed by atoms with Crippen LogP contribution in [-0.2, 0) is 22.6 Å². The topological polar surface area (TPSA) is 94.7 Å². The van der Waals surface area contributed by atoms with Crippen LogP contribution in [0, 0.1) is 0 Å². The zero-order chi connectivity index (χ0) is 14.7. The standard InChI is InChI=1S/C14H14N2O5/c17-13(18)8-19-7-12-15-16-14(21-12)10-5-9-3-1-2-4-11(9)20-6-10/h1-4,10H,5-8H2,(H,17,18). The smallest absolute Gasteiger partial charge is 0.329 e. The van der Waals surface area contributed by atoms with Gasteiger partial charge in [-0.3, -0.25) is 0 Å². The Labute approximate surface area is 120 Å². The summed E-state index contributed by atoms with van der Waals surface area (Å²) >= 11 is 0. The molecule has 1 aromatic heterocycles. The molecule has 110 valence electrons. The zero-order valence-corrected chi connectivity index (χ0v) is 11.2. The Hall–Kier alpha value is -2.41. The number of ether oxygens (including phenoxy) is 2. The first-order chi connectivity index (χ1) is 10.2. The molecule has 21 heavy (non-hydrogen) atoms. The highest BCUT2D eigenvalue weighted by atomic mass is 16.5. The van der Waals surface area contributed by atoms with Crippen LogP contribution in [0.4, 0.5) is 0 Å². The summed E-state index contributed by atoms with van der Waals surface area (Å²) in [4.78, 5) is 10.4. The molecular weight excluding hydrogens is 276 g/mol. The molecule has 0 saturated carbocycles. The van der Waals surface area contributed by atoms with Crippen molar-refractivity contribution in [1.29, 1.82) is 0 Å². The van der Waals surface area contributed by atoms with E-state index in [2.05, 4.69) is 10.2 Å². The fourth-order valence-electron chi connectivity index (χ4n) is 2.20. The molecule has 7 heteroatoms. The second-order valence-electron chi connectivity index (χ2n) is 4.74. The molecule has 0 fully saturated rings. The van der Waals surface area contributed by atoms with Gasteiger partial charge in [-0.1, -0.05) is 18.2 Å². The number of carbonyl (C=O) groups is 1. The minimum Gasteiger partial charge on any atom is -0.492 e. The molecule has 0 saturated heterocycles. The van der Waals surface area contributed by atoms with Crippen molar-refractivity contribution in [3.63, 3.8) is 0 Å². The predicted molar refractivity (Wildman–Crippen MR) is 70.0 cm³/mol. The van der Waals surface area contributed by atoms with E-state index >= 15 is 0 Å². The van der Waals surface area contributed by atoms with E-state index in [4.69, 9.17) is 19.0 Å². The number of carboxylic acid groups (broad SMARTS) is 1. The van der Waals surface area contributed by atoms with Gasteiger partial charge in [0.1, 0.15) is 25.6 Å². The van der Waals surface area contributed by atoms with Crippen molar-refractivity contribution in [1.82, 2.24) is 10.2 Å². The maximum absolute atomic E-state index is 10.4. The van der Waals surface area contributed by atoms with E-state index in [1.54, 1.807) is 0 Å². The highest BCUT2D eigenvalue weighted by molar-refractivity contribution is 5.67. The average Bonchev–Trinajstić information content (AvgIpc) is 2.95. The molecule has 2 heterocycles. The number of nitrogens with zero attached hydrogens (tertiary/aromatic N) is 2. The van der Waals surface area contributed by atoms with Gasteiger partial charge in [-0.25, -0.2) is 4.79 Å². The molecule has 0 amide bonds. The number of hydrogen-bond donors (Lipinski definition) is 1. The molecule has 1 atom stereocenters. The number of para-hydroxylation sites is 1. The van der Waals surface area contributed by atoms with Crippen molar-refractivity contribution in [2.45, 2.75) is 18.9 Å². The van der Waals surface area contributed by atoms with Gasteiger partial charge in [-0.05, 0) is 18.1 Å². The average molecular weight is 290 g/mol. The highest BCUT2D eigenvalue weighted by Gasteiger charge is 2.25. The summed E-state index contributed by atoms with van der Waals surface area (Å²) in [5, 5.41) is 16.3. The summed E-state index contributed by atoms with van der Waals surface area (Å²) in [5.74, 6) is 0.606. The Morgan fingerprint density at radius 3 is 3.10 bits per heavy atom. The quantitative estimate of drug-likeness (QED) is 0.889. The third-order valence-corrected chi connectivity index (χ3v) is 3.16. The molecule has 1 unspecified atom stereocenters. The van der Waals surface area contributed by atoms with Crippen molar-refractivity contribution in [3.05, 3.63) is 41.6 Å². The van der Waals surface area contributed by atoms with Crippen LogP contribution < -0.4 is 4.74 Å². The SMILES string of the molecule is O=C(O)COCc1nnc(C2COc3ccccc3C2)o1. The lowest BCUT2D eigenvalue weighted by Gasteiger charge is -2.22. The number of benzene rings is 1. The second kappa shape index (κ2) is 5.92. The van der Waals surface area contributed by atoms with E-state index in [9.17, 15) is 4.79 Å². The first kappa shape index (κ1) is 13.6. The zero-order valence-electron chi connectivity index (χ0n) is 11.2. The maximum Gasteiger partial charge on any atom is 0.329 e.